The Morgan fingerprint density at radius 3 is 2.52 bits per heavy atom. The van der Waals surface area contributed by atoms with Crippen LogP contribution >= 0.6 is 0 Å². The molecule has 3 aromatic carbocycles. The molecule has 0 radical (unpaired) electrons. The quantitative estimate of drug-likeness (QED) is 0.537. The van der Waals surface area contributed by atoms with Crippen molar-refractivity contribution >= 4 is 10.8 Å². The predicted octanol–water partition coefficient (Wildman–Crippen LogP) is 4.56. The number of allylic oxidation sites excluding steroid dienone is 1. The molecule has 152 valence electrons. The zero-order valence-corrected chi connectivity index (χ0v) is 17.2. The average Bonchev–Trinajstić information content (AvgIpc) is 3.13. The molecule has 1 aliphatic heterocycles. The molecule has 1 aromatic heterocycles. The predicted molar refractivity (Wildman–Crippen MR) is 118 cm³/mol. The lowest BCUT2D eigenvalue weighted by Gasteiger charge is -2.27. The smallest absolute Gasteiger partial charge is 0.229 e. The Morgan fingerprint density at radius 2 is 1.77 bits per heavy atom. The van der Waals surface area contributed by atoms with Gasteiger partial charge in [0.15, 0.2) is 0 Å². The number of aromatic nitrogens is 2. The monoisotopic (exact) mass is 408 g/mol. The molecule has 0 aliphatic carbocycles. The number of rotatable bonds is 3. The van der Waals surface area contributed by atoms with Gasteiger partial charge in [-0.15, -0.1) is 0 Å². The first-order valence-electron chi connectivity index (χ1n) is 9.92. The zero-order valence-electron chi connectivity index (χ0n) is 17.2. The highest BCUT2D eigenvalue weighted by Gasteiger charge is 2.38. The molecule has 4 aromatic rings. The number of ether oxygens (including phenoxy) is 2. The second-order valence-electron chi connectivity index (χ2n) is 7.38. The largest absolute Gasteiger partial charge is 0.496 e. The van der Waals surface area contributed by atoms with E-state index in [-0.39, 0.29) is 5.88 Å². The highest BCUT2D eigenvalue weighted by atomic mass is 16.5. The molecule has 0 bridgehead atoms. The maximum absolute atomic E-state index is 10.0. The number of methoxy groups -OCH3 is 1. The van der Waals surface area contributed by atoms with Crippen LogP contribution in [-0.2, 0) is 0 Å². The number of para-hydroxylation sites is 1. The molecule has 1 aliphatic rings. The van der Waals surface area contributed by atoms with E-state index < -0.39 is 5.92 Å². The topological polar surface area (TPSA) is 86.1 Å². The van der Waals surface area contributed by atoms with Crippen LogP contribution in [0.2, 0.25) is 0 Å². The van der Waals surface area contributed by atoms with Crippen molar-refractivity contribution in [1.82, 2.24) is 9.78 Å². The molecule has 0 saturated heterocycles. The molecular formula is C25H20N4O2. The number of fused-ring (bicyclic) bond motifs is 2. The summed E-state index contributed by atoms with van der Waals surface area (Å²) in [7, 11) is 1.63. The Hall–Kier alpha value is -4.24. The van der Waals surface area contributed by atoms with Crippen molar-refractivity contribution in [2.24, 2.45) is 5.73 Å². The minimum atomic E-state index is -0.465. The van der Waals surface area contributed by atoms with E-state index in [0.717, 1.165) is 33.3 Å². The van der Waals surface area contributed by atoms with Crippen molar-refractivity contribution in [2.45, 2.75) is 12.8 Å². The van der Waals surface area contributed by atoms with Crippen LogP contribution in [0.25, 0.3) is 16.5 Å². The van der Waals surface area contributed by atoms with E-state index in [0.29, 0.717) is 17.2 Å². The summed E-state index contributed by atoms with van der Waals surface area (Å²) in [6.07, 6.45) is 0. The molecule has 5 rings (SSSR count). The third kappa shape index (κ3) is 2.82. The molecular weight excluding hydrogens is 388 g/mol. The molecule has 1 unspecified atom stereocenters. The first-order chi connectivity index (χ1) is 15.1. The summed E-state index contributed by atoms with van der Waals surface area (Å²) in [4.78, 5) is 0. The molecule has 0 spiro atoms. The minimum absolute atomic E-state index is 0.0760. The standard InChI is InChI=1S/C25H20N4O2/c1-15-21-23(22-18-11-7-6-8-16(18)12-13-20(22)30-2)19(14-26)24(27)31-25(21)29(28-15)17-9-4-3-5-10-17/h3-13,23H,27H2,1-2H3. The summed E-state index contributed by atoms with van der Waals surface area (Å²) >= 11 is 0. The van der Waals surface area contributed by atoms with E-state index in [9.17, 15) is 5.26 Å². The minimum Gasteiger partial charge on any atom is -0.496 e. The van der Waals surface area contributed by atoms with E-state index in [1.54, 1.807) is 11.8 Å². The Labute approximate surface area is 179 Å². The summed E-state index contributed by atoms with van der Waals surface area (Å²) in [5.41, 5.74) is 9.92. The SMILES string of the molecule is COc1ccc2ccccc2c1C1C(C#N)=C(N)Oc2c1c(C)nn2-c1ccccc1. The third-order valence-electron chi connectivity index (χ3n) is 5.67. The van der Waals surface area contributed by atoms with Gasteiger partial charge in [0.05, 0.1) is 30.0 Å². The van der Waals surface area contributed by atoms with Gasteiger partial charge in [0.25, 0.3) is 0 Å². The van der Waals surface area contributed by atoms with Crippen LogP contribution in [-0.4, -0.2) is 16.9 Å². The normalized spacial score (nSPS) is 15.3. The maximum Gasteiger partial charge on any atom is 0.229 e. The fourth-order valence-corrected chi connectivity index (χ4v) is 4.30. The average molecular weight is 408 g/mol. The lowest BCUT2D eigenvalue weighted by atomic mass is 9.81. The van der Waals surface area contributed by atoms with Crippen molar-refractivity contribution < 1.29 is 9.47 Å². The fourth-order valence-electron chi connectivity index (χ4n) is 4.30. The van der Waals surface area contributed by atoms with Gasteiger partial charge < -0.3 is 15.2 Å². The van der Waals surface area contributed by atoms with Crippen LogP contribution in [0.15, 0.2) is 78.2 Å². The number of benzene rings is 3. The highest BCUT2D eigenvalue weighted by molar-refractivity contribution is 5.90. The van der Waals surface area contributed by atoms with Crippen molar-refractivity contribution in [2.75, 3.05) is 7.11 Å². The first kappa shape index (κ1) is 18.8. The molecule has 0 saturated carbocycles. The van der Waals surface area contributed by atoms with Gasteiger partial charge in [-0.05, 0) is 35.9 Å². The van der Waals surface area contributed by atoms with Crippen LogP contribution in [0.4, 0.5) is 0 Å². The Morgan fingerprint density at radius 1 is 1.03 bits per heavy atom. The van der Waals surface area contributed by atoms with Gasteiger partial charge in [0.1, 0.15) is 17.4 Å². The summed E-state index contributed by atoms with van der Waals surface area (Å²) < 4.78 is 13.4. The van der Waals surface area contributed by atoms with Gasteiger partial charge in [-0.1, -0.05) is 48.5 Å². The Kier molecular flexibility index (Phi) is 4.37. The molecule has 0 amide bonds. The number of aryl methyl sites for hydroxylation is 1. The van der Waals surface area contributed by atoms with Crippen molar-refractivity contribution in [3.05, 3.63) is 95.0 Å². The summed E-state index contributed by atoms with van der Waals surface area (Å²) in [6.45, 7) is 1.92. The lowest BCUT2D eigenvalue weighted by molar-refractivity contribution is 0.364. The number of hydrogen-bond donors (Lipinski definition) is 1. The molecule has 2 heterocycles. The van der Waals surface area contributed by atoms with Crippen LogP contribution in [0.3, 0.4) is 0 Å². The van der Waals surface area contributed by atoms with E-state index >= 15 is 0 Å². The van der Waals surface area contributed by atoms with Gasteiger partial charge in [0, 0.05) is 5.56 Å². The Bertz CT molecular complexity index is 1380. The second-order valence-corrected chi connectivity index (χ2v) is 7.38. The number of hydrogen-bond acceptors (Lipinski definition) is 5. The maximum atomic E-state index is 10.0. The zero-order chi connectivity index (χ0) is 21.5. The van der Waals surface area contributed by atoms with E-state index in [1.807, 2.05) is 73.7 Å². The second kappa shape index (κ2) is 7.22. The van der Waals surface area contributed by atoms with Crippen LogP contribution in [0, 0.1) is 18.3 Å². The number of nitriles is 1. The van der Waals surface area contributed by atoms with E-state index in [1.165, 1.54) is 0 Å². The van der Waals surface area contributed by atoms with Crippen molar-refractivity contribution in [3.63, 3.8) is 0 Å². The van der Waals surface area contributed by atoms with Gasteiger partial charge in [0.2, 0.25) is 11.8 Å². The number of nitrogens with two attached hydrogens (primary N) is 1. The summed E-state index contributed by atoms with van der Waals surface area (Å²) in [6, 6.07) is 24.0. The highest BCUT2D eigenvalue weighted by Crippen LogP contribution is 2.49. The van der Waals surface area contributed by atoms with E-state index in [4.69, 9.17) is 20.3 Å². The molecule has 6 nitrogen and oxygen atoms in total. The van der Waals surface area contributed by atoms with Crippen LogP contribution < -0.4 is 15.2 Å². The van der Waals surface area contributed by atoms with Crippen LogP contribution in [0.1, 0.15) is 22.7 Å². The molecule has 0 fully saturated rings. The lowest BCUT2D eigenvalue weighted by Crippen LogP contribution is -2.22. The van der Waals surface area contributed by atoms with Gasteiger partial charge in [-0.25, -0.2) is 4.68 Å². The van der Waals surface area contributed by atoms with Gasteiger partial charge in [-0.3, -0.25) is 0 Å². The van der Waals surface area contributed by atoms with Crippen molar-refractivity contribution in [3.8, 4) is 23.4 Å². The first-order valence-corrected chi connectivity index (χ1v) is 9.92. The van der Waals surface area contributed by atoms with Crippen LogP contribution in [0.5, 0.6) is 11.6 Å². The molecule has 31 heavy (non-hydrogen) atoms. The summed E-state index contributed by atoms with van der Waals surface area (Å²) in [5.74, 6) is 0.809. The van der Waals surface area contributed by atoms with Gasteiger partial charge >= 0.3 is 0 Å². The van der Waals surface area contributed by atoms with Crippen molar-refractivity contribution in [1.29, 1.82) is 5.26 Å². The molecule has 2 N–H and O–H groups in total. The van der Waals surface area contributed by atoms with E-state index in [2.05, 4.69) is 6.07 Å². The van der Waals surface area contributed by atoms with Gasteiger partial charge in [-0.2, -0.15) is 10.4 Å². The third-order valence-corrected chi connectivity index (χ3v) is 5.67. The molecule has 1 atom stereocenters. The number of nitrogens with zero attached hydrogens (tertiary/aromatic N) is 3. The Balaban J connectivity index is 1.85. The molecule has 6 heteroatoms. The summed E-state index contributed by atoms with van der Waals surface area (Å²) in [5, 5.41) is 16.8. The fraction of sp³-hybridized carbons (Fsp3) is 0.120.